The van der Waals surface area contributed by atoms with Crippen molar-refractivity contribution in [3.63, 3.8) is 0 Å². The van der Waals surface area contributed by atoms with Gasteiger partial charge < -0.3 is 45.8 Å². The van der Waals surface area contributed by atoms with Crippen molar-refractivity contribution in [2.24, 2.45) is 5.41 Å². The third kappa shape index (κ3) is 13.3. The van der Waals surface area contributed by atoms with Crippen LogP contribution in [0.5, 0.6) is 0 Å². The number of carbonyl (C=O) groups excluding carboxylic acids is 4. The predicted molar refractivity (Wildman–Crippen MR) is 139 cm³/mol. The SMILES string of the molecule is CC(=O)C(C)OC(=O)C(C)OC(=O)OCC(C)(CO)C(=O)OCc1ccc(C[N+](C)(C)CCN(C)C)cc1.[Cl-]. The number of esters is 2. The summed E-state index contributed by atoms with van der Waals surface area (Å²) in [6.07, 6.45) is -3.55. The maximum Gasteiger partial charge on any atom is 0.509 e. The van der Waals surface area contributed by atoms with Crippen molar-refractivity contribution in [2.75, 3.05) is 54.5 Å². The zero-order valence-electron chi connectivity index (χ0n) is 24.2. The summed E-state index contributed by atoms with van der Waals surface area (Å²) in [5, 5.41) is 9.77. The van der Waals surface area contributed by atoms with Crippen LogP contribution in [0.1, 0.15) is 38.8 Å². The average Bonchev–Trinajstić information content (AvgIpc) is 2.85. The summed E-state index contributed by atoms with van der Waals surface area (Å²) in [6, 6.07) is 7.75. The van der Waals surface area contributed by atoms with E-state index in [1.54, 1.807) is 0 Å². The molecular formula is C27H43ClN2O9. The molecule has 0 aliphatic heterocycles. The summed E-state index contributed by atoms with van der Waals surface area (Å²) >= 11 is 0. The minimum Gasteiger partial charge on any atom is -1.00 e. The first-order valence-corrected chi connectivity index (χ1v) is 12.5. The Bertz CT molecular complexity index is 953. The lowest BCUT2D eigenvalue weighted by Gasteiger charge is -2.31. The van der Waals surface area contributed by atoms with Crippen LogP contribution in [-0.2, 0) is 46.5 Å². The number of quaternary nitrogens is 1. The van der Waals surface area contributed by atoms with E-state index >= 15 is 0 Å². The summed E-state index contributed by atoms with van der Waals surface area (Å²) in [6.45, 7) is 6.93. The van der Waals surface area contributed by atoms with Gasteiger partial charge in [-0.3, -0.25) is 9.59 Å². The molecular weight excluding hydrogens is 532 g/mol. The maximum atomic E-state index is 12.7. The minimum atomic E-state index is -1.54. The van der Waals surface area contributed by atoms with Gasteiger partial charge in [0.25, 0.3) is 0 Å². The monoisotopic (exact) mass is 574 g/mol. The normalized spacial score (nSPS) is 14.3. The first-order chi connectivity index (χ1) is 17.6. The Morgan fingerprint density at radius 2 is 1.54 bits per heavy atom. The van der Waals surface area contributed by atoms with E-state index in [4.69, 9.17) is 18.9 Å². The molecule has 0 saturated carbocycles. The van der Waals surface area contributed by atoms with Crippen LogP contribution in [0.25, 0.3) is 0 Å². The summed E-state index contributed by atoms with van der Waals surface area (Å²) in [5.74, 6) is -2.04. The molecule has 0 aromatic heterocycles. The highest BCUT2D eigenvalue weighted by atomic mass is 35.5. The van der Waals surface area contributed by atoms with Gasteiger partial charge in [-0.2, -0.15) is 0 Å². The van der Waals surface area contributed by atoms with Crippen LogP contribution in [0.2, 0.25) is 0 Å². The zero-order valence-corrected chi connectivity index (χ0v) is 24.9. The van der Waals surface area contributed by atoms with Gasteiger partial charge in [0, 0.05) is 12.1 Å². The number of nitrogens with zero attached hydrogens (tertiary/aromatic N) is 2. The molecule has 12 heteroatoms. The van der Waals surface area contributed by atoms with E-state index in [0.717, 1.165) is 35.2 Å². The molecule has 3 atom stereocenters. The quantitative estimate of drug-likeness (QED) is 0.157. The van der Waals surface area contributed by atoms with E-state index in [0.29, 0.717) is 0 Å². The second kappa shape index (κ2) is 16.4. The molecule has 1 rings (SSSR count). The number of likely N-dealkylation sites (N-methyl/N-ethyl adjacent to an activating group) is 2. The molecule has 0 spiro atoms. The number of aliphatic hydroxyl groups excluding tert-OH is 1. The van der Waals surface area contributed by atoms with Gasteiger partial charge in [0.1, 0.15) is 25.2 Å². The van der Waals surface area contributed by atoms with Crippen molar-refractivity contribution in [1.29, 1.82) is 0 Å². The molecule has 0 amide bonds. The standard InChI is InChI=1S/C27H43N2O9.ClH/c1-19(31)20(2)37-24(32)21(3)38-26(34)36-18-27(4,17-30)25(33)35-16-23-11-9-22(10-12-23)15-29(7,8)14-13-28(5)6;/h9-12,20-21,30H,13-18H2,1-8H3;1H/q+1;/p-1. The fraction of sp³-hybridized carbons (Fsp3) is 0.630. The number of carbonyl (C=O) groups is 4. The van der Waals surface area contributed by atoms with E-state index in [9.17, 15) is 24.3 Å². The third-order valence-corrected chi connectivity index (χ3v) is 5.98. The number of benzene rings is 1. The van der Waals surface area contributed by atoms with Crippen molar-refractivity contribution in [1.82, 2.24) is 4.90 Å². The Morgan fingerprint density at radius 1 is 0.974 bits per heavy atom. The fourth-order valence-electron chi connectivity index (χ4n) is 3.07. The zero-order chi connectivity index (χ0) is 29.1. The predicted octanol–water partition coefficient (Wildman–Crippen LogP) is -1.07. The first-order valence-electron chi connectivity index (χ1n) is 12.5. The van der Waals surface area contributed by atoms with Crippen LogP contribution in [0, 0.1) is 5.41 Å². The molecule has 0 aliphatic carbocycles. The van der Waals surface area contributed by atoms with Gasteiger partial charge in [0.05, 0.1) is 27.2 Å². The number of ether oxygens (including phenoxy) is 4. The topological polar surface area (TPSA) is 129 Å². The lowest BCUT2D eigenvalue weighted by Crippen LogP contribution is -3.00. The third-order valence-electron chi connectivity index (χ3n) is 5.98. The van der Waals surface area contributed by atoms with Gasteiger partial charge in [0.2, 0.25) is 0 Å². The number of aliphatic hydroxyl groups is 1. The second-order valence-corrected chi connectivity index (χ2v) is 10.7. The number of rotatable bonds is 15. The maximum absolute atomic E-state index is 12.7. The molecule has 0 fully saturated rings. The van der Waals surface area contributed by atoms with Crippen molar-refractivity contribution < 1.29 is 60.1 Å². The van der Waals surface area contributed by atoms with Crippen LogP contribution in [-0.4, -0.2) is 105 Å². The summed E-state index contributed by atoms with van der Waals surface area (Å²) in [5.41, 5.74) is 0.387. The molecule has 39 heavy (non-hydrogen) atoms. The lowest BCUT2D eigenvalue weighted by atomic mass is 9.93. The van der Waals surface area contributed by atoms with Crippen molar-refractivity contribution in [2.45, 2.75) is 53.1 Å². The van der Waals surface area contributed by atoms with E-state index < -0.39 is 48.9 Å². The Labute approximate surface area is 237 Å². The Hall–Kier alpha value is -2.73. The Balaban J connectivity index is 0.0000144. The fourth-order valence-corrected chi connectivity index (χ4v) is 3.07. The van der Waals surface area contributed by atoms with E-state index in [1.807, 2.05) is 24.3 Å². The largest absolute Gasteiger partial charge is 1.00 e. The van der Waals surface area contributed by atoms with Crippen LogP contribution >= 0.6 is 0 Å². The Morgan fingerprint density at radius 3 is 2.05 bits per heavy atom. The first kappa shape index (κ1) is 36.3. The van der Waals surface area contributed by atoms with Gasteiger partial charge in [-0.25, -0.2) is 9.59 Å². The van der Waals surface area contributed by atoms with E-state index in [2.05, 4.69) is 33.1 Å². The number of Topliss-reactive ketones (excluding diaryl/α,β-unsaturated/α-hetero) is 1. The molecule has 11 nitrogen and oxygen atoms in total. The highest BCUT2D eigenvalue weighted by Gasteiger charge is 2.37. The van der Waals surface area contributed by atoms with Crippen molar-refractivity contribution in [3.8, 4) is 0 Å². The van der Waals surface area contributed by atoms with E-state index in [1.165, 1.54) is 27.7 Å². The smallest absolute Gasteiger partial charge is 0.509 e. The number of halogens is 1. The molecule has 0 bridgehead atoms. The van der Waals surface area contributed by atoms with Crippen molar-refractivity contribution >= 4 is 23.9 Å². The summed E-state index contributed by atoms with van der Waals surface area (Å²) in [7, 11) is 8.45. The second-order valence-electron chi connectivity index (χ2n) is 10.7. The van der Waals surface area contributed by atoms with Crippen LogP contribution < -0.4 is 12.4 Å². The minimum absolute atomic E-state index is 0. The molecule has 0 radical (unpaired) electrons. The Kier molecular flexibility index (Phi) is 15.2. The highest BCUT2D eigenvalue weighted by Crippen LogP contribution is 2.20. The van der Waals surface area contributed by atoms with Crippen molar-refractivity contribution in [3.05, 3.63) is 35.4 Å². The molecule has 0 heterocycles. The van der Waals surface area contributed by atoms with Gasteiger partial charge >= 0.3 is 18.1 Å². The number of ketones is 1. The number of hydrogen-bond acceptors (Lipinski definition) is 10. The molecule has 1 aromatic carbocycles. The van der Waals surface area contributed by atoms with Crippen LogP contribution in [0.4, 0.5) is 4.79 Å². The summed E-state index contributed by atoms with van der Waals surface area (Å²) < 4.78 is 20.8. The molecule has 0 saturated heterocycles. The summed E-state index contributed by atoms with van der Waals surface area (Å²) in [4.78, 5) is 49.9. The molecule has 0 aliphatic rings. The van der Waals surface area contributed by atoms with Crippen LogP contribution in [0.3, 0.4) is 0 Å². The average molecular weight is 575 g/mol. The lowest BCUT2D eigenvalue weighted by molar-refractivity contribution is -0.903. The highest BCUT2D eigenvalue weighted by molar-refractivity contribution is 5.84. The molecule has 3 unspecified atom stereocenters. The van der Waals surface area contributed by atoms with Gasteiger partial charge in [-0.15, -0.1) is 0 Å². The van der Waals surface area contributed by atoms with Gasteiger partial charge in [-0.05, 0) is 47.4 Å². The molecule has 1 aromatic rings. The van der Waals surface area contributed by atoms with Crippen LogP contribution in [0.15, 0.2) is 24.3 Å². The van der Waals surface area contributed by atoms with Gasteiger partial charge in [0.15, 0.2) is 18.0 Å². The molecule has 1 N–H and O–H groups in total. The molecule has 222 valence electrons. The van der Waals surface area contributed by atoms with Gasteiger partial charge in [-0.1, -0.05) is 24.3 Å². The number of hydrogen-bond donors (Lipinski definition) is 1. The van der Waals surface area contributed by atoms with E-state index in [-0.39, 0.29) is 24.8 Å².